The zero-order valence-corrected chi connectivity index (χ0v) is 24.7. The van der Waals surface area contributed by atoms with E-state index in [2.05, 4.69) is 32.7 Å². The van der Waals surface area contributed by atoms with Crippen molar-refractivity contribution in [3.05, 3.63) is 122 Å². The molecule has 0 radical (unpaired) electrons. The summed E-state index contributed by atoms with van der Waals surface area (Å²) >= 11 is 12.4. The van der Waals surface area contributed by atoms with Crippen molar-refractivity contribution < 1.29 is 13.9 Å². The topological polar surface area (TPSA) is 102 Å². The van der Waals surface area contributed by atoms with Crippen LogP contribution in [0.2, 0.25) is 10.0 Å². The lowest BCUT2D eigenvalue weighted by molar-refractivity contribution is 0.0905. The molecule has 11 heteroatoms. The number of nitrogens with zero attached hydrogens (tertiary/aromatic N) is 4. The Morgan fingerprint density at radius 1 is 1.00 bits per heavy atom. The Labute approximate surface area is 258 Å². The highest BCUT2D eigenvalue weighted by Crippen LogP contribution is 2.26. The molecule has 1 N–H and O–H groups in total. The molecule has 1 amide bonds. The molecule has 9 nitrogen and oxygen atoms in total. The molecule has 2 aromatic heterocycles. The second-order valence-electron chi connectivity index (χ2n) is 10.6. The maximum atomic E-state index is 13.0. The first-order chi connectivity index (χ1) is 20.9. The Morgan fingerprint density at radius 2 is 1.81 bits per heavy atom. The molecule has 3 heterocycles. The standard InChI is InChI=1S/C32H29Cl2N5O4/c33-28-8-4-7-23(30(28)34)18-39-19-25(36-37-39)20-42-26-10-9-22-15-27(32(41)43-29(22)16-26)31(40)35-24-11-13-38(14-12-24)17-21-5-2-1-3-6-21/h1-10,15-16,19,24H,11-14,17-18,20H2,(H,35,40). The van der Waals surface area contributed by atoms with Crippen LogP contribution in [0.4, 0.5) is 0 Å². The van der Waals surface area contributed by atoms with Crippen molar-refractivity contribution in [2.24, 2.45) is 0 Å². The molecule has 0 saturated carbocycles. The molecule has 0 aliphatic carbocycles. The zero-order chi connectivity index (χ0) is 29.8. The molecule has 220 valence electrons. The Morgan fingerprint density at radius 3 is 2.63 bits per heavy atom. The van der Waals surface area contributed by atoms with Crippen molar-refractivity contribution >= 4 is 40.1 Å². The maximum absolute atomic E-state index is 13.0. The summed E-state index contributed by atoms with van der Waals surface area (Å²) in [7, 11) is 0. The molecule has 3 aromatic carbocycles. The van der Waals surface area contributed by atoms with E-state index in [9.17, 15) is 9.59 Å². The number of halogens is 2. The third-order valence-corrected chi connectivity index (χ3v) is 8.32. The van der Waals surface area contributed by atoms with E-state index in [-0.39, 0.29) is 18.2 Å². The van der Waals surface area contributed by atoms with Gasteiger partial charge in [-0.05, 0) is 48.2 Å². The molecule has 0 unspecified atom stereocenters. The molecule has 1 aliphatic rings. The number of likely N-dealkylation sites (tertiary alicyclic amines) is 1. The third-order valence-electron chi connectivity index (χ3n) is 7.46. The summed E-state index contributed by atoms with van der Waals surface area (Å²) in [5.41, 5.74) is 2.34. The molecular formula is C32H29Cl2N5O4. The lowest BCUT2D eigenvalue weighted by atomic mass is 10.0. The summed E-state index contributed by atoms with van der Waals surface area (Å²) in [4.78, 5) is 28.1. The lowest BCUT2D eigenvalue weighted by Crippen LogP contribution is -2.45. The van der Waals surface area contributed by atoms with Crippen molar-refractivity contribution in [3.63, 3.8) is 0 Å². The van der Waals surface area contributed by atoms with Gasteiger partial charge in [-0.25, -0.2) is 9.48 Å². The van der Waals surface area contributed by atoms with Gasteiger partial charge >= 0.3 is 5.63 Å². The summed E-state index contributed by atoms with van der Waals surface area (Å²) < 4.78 is 13.0. The zero-order valence-electron chi connectivity index (χ0n) is 23.2. The van der Waals surface area contributed by atoms with Gasteiger partial charge < -0.3 is 14.5 Å². The molecular weight excluding hydrogens is 589 g/mol. The van der Waals surface area contributed by atoms with Gasteiger partial charge in [-0.3, -0.25) is 9.69 Å². The number of aromatic nitrogens is 3. The van der Waals surface area contributed by atoms with Crippen LogP contribution >= 0.6 is 23.2 Å². The van der Waals surface area contributed by atoms with Crippen LogP contribution in [0.25, 0.3) is 11.0 Å². The Hall–Kier alpha value is -4.18. The number of amides is 1. The van der Waals surface area contributed by atoms with E-state index >= 15 is 0 Å². The number of benzene rings is 3. The van der Waals surface area contributed by atoms with Crippen molar-refractivity contribution in [1.29, 1.82) is 0 Å². The molecule has 5 aromatic rings. The van der Waals surface area contributed by atoms with Crippen LogP contribution in [-0.4, -0.2) is 44.9 Å². The average Bonchev–Trinajstić information content (AvgIpc) is 3.46. The number of hydrogen-bond acceptors (Lipinski definition) is 7. The number of carbonyl (C=O) groups is 1. The first-order valence-electron chi connectivity index (χ1n) is 14.0. The molecule has 1 aliphatic heterocycles. The molecule has 0 bridgehead atoms. The van der Waals surface area contributed by atoms with E-state index in [4.69, 9.17) is 32.4 Å². The molecule has 0 atom stereocenters. The average molecular weight is 619 g/mol. The third kappa shape index (κ3) is 7.07. The van der Waals surface area contributed by atoms with Gasteiger partial charge in [-0.1, -0.05) is 70.9 Å². The van der Waals surface area contributed by atoms with Crippen LogP contribution in [0.15, 0.2) is 88.2 Å². The minimum atomic E-state index is -0.689. The number of piperidine rings is 1. The van der Waals surface area contributed by atoms with Gasteiger partial charge in [0.25, 0.3) is 5.91 Å². The molecule has 1 saturated heterocycles. The smallest absolute Gasteiger partial charge is 0.349 e. The molecule has 43 heavy (non-hydrogen) atoms. The summed E-state index contributed by atoms with van der Waals surface area (Å²) in [5, 5.41) is 12.9. The van der Waals surface area contributed by atoms with E-state index < -0.39 is 11.5 Å². The number of nitrogens with one attached hydrogen (secondary N) is 1. The predicted molar refractivity (Wildman–Crippen MR) is 165 cm³/mol. The second kappa shape index (κ2) is 13.0. The summed E-state index contributed by atoms with van der Waals surface area (Å²) in [6, 6.07) is 22.5. The number of ether oxygens (including phenoxy) is 1. The van der Waals surface area contributed by atoms with Gasteiger partial charge in [-0.15, -0.1) is 5.10 Å². The number of rotatable bonds is 9. The van der Waals surface area contributed by atoms with Gasteiger partial charge in [0.15, 0.2) is 0 Å². The Bertz CT molecular complexity index is 1800. The summed E-state index contributed by atoms with van der Waals surface area (Å²) in [6.45, 7) is 3.21. The quantitative estimate of drug-likeness (QED) is 0.211. The van der Waals surface area contributed by atoms with Crippen LogP contribution in [0.5, 0.6) is 5.75 Å². The maximum Gasteiger partial charge on any atom is 0.349 e. The van der Waals surface area contributed by atoms with Gasteiger partial charge in [0, 0.05) is 37.1 Å². The highest BCUT2D eigenvalue weighted by Gasteiger charge is 2.23. The van der Waals surface area contributed by atoms with Gasteiger partial charge in [-0.2, -0.15) is 0 Å². The minimum Gasteiger partial charge on any atom is -0.487 e. The summed E-state index contributed by atoms with van der Waals surface area (Å²) in [6.07, 6.45) is 3.40. The fourth-order valence-corrected chi connectivity index (χ4v) is 5.54. The SMILES string of the molecule is O=C(NC1CCN(Cc2ccccc2)CC1)c1cc2ccc(OCc3cn(Cc4cccc(Cl)c4Cl)nn3)cc2oc1=O. The lowest BCUT2D eigenvalue weighted by Gasteiger charge is -2.32. The molecule has 0 spiro atoms. The monoisotopic (exact) mass is 617 g/mol. The van der Waals surface area contributed by atoms with E-state index in [1.54, 1.807) is 41.2 Å². The number of fused-ring (bicyclic) bond motifs is 1. The van der Waals surface area contributed by atoms with Crippen LogP contribution in [0, 0.1) is 0 Å². The van der Waals surface area contributed by atoms with E-state index in [1.165, 1.54) is 5.56 Å². The number of carbonyl (C=O) groups excluding carboxylic acids is 1. The minimum absolute atomic E-state index is 0.00541. The van der Waals surface area contributed by atoms with Crippen LogP contribution < -0.4 is 15.7 Å². The fraction of sp³-hybridized carbons (Fsp3) is 0.250. The fourth-order valence-electron chi connectivity index (χ4n) is 5.16. The van der Waals surface area contributed by atoms with E-state index in [1.807, 2.05) is 30.3 Å². The van der Waals surface area contributed by atoms with Crippen molar-refractivity contribution in [2.75, 3.05) is 13.1 Å². The Kier molecular flexibility index (Phi) is 8.74. The van der Waals surface area contributed by atoms with Crippen molar-refractivity contribution in [2.45, 2.75) is 38.6 Å². The summed E-state index contributed by atoms with van der Waals surface area (Å²) in [5.74, 6) is 0.0715. The van der Waals surface area contributed by atoms with Gasteiger partial charge in [0.2, 0.25) is 0 Å². The van der Waals surface area contributed by atoms with Crippen LogP contribution in [0.1, 0.15) is 40.0 Å². The van der Waals surface area contributed by atoms with E-state index in [0.717, 1.165) is 38.0 Å². The van der Waals surface area contributed by atoms with Crippen LogP contribution in [-0.2, 0) is 19.7 Å². The van der Waals surface area contributed by atoms with E-state index in [0.29, 0.717) is 39.0 Å². The molecule has 6 rings (SSSR count). The Balaban J connectivity index is 1.04. The highest BCUT2D eigenvalue weighted by atomic mass is 35.5. The van der Waals surface area contributed by atoms with Gasteiger partial charge in [0.05, 0.1) is 22.8 Å². The predicted octanol–water partition coefficient (Wildman–Crippen LogP) is 5.71. The second-order valence-corrected chi connectivity index (χ2v) is 11.4. The first kappa shape index (κ1) is 28.9. The largest absolute Gasteiger partial charge is 0.487 e. The normalized spacial score (nSPS) is 14.2. The number of hydrogen-bond donors (Lipinski definition) is 1. The van der Waals surface area contributed by atoms with Crippen molar-refractivity contribution in [3.8, 4) is 5.75 Å². The van der Waals surface area contributed by atoms with Crippen LogP contribution in [0.3, 0.4) is 0 Å². The highest BCUT2D eigenvalue weighted by molar-refractivity contribution is 6.42. The van der Waals surface area contributed by atoms with Gasteiger partial charge in [0.1, 0.15) is 29.2 Å². The van der Waals surface area contributed by atoms with Crippen molar-refractivity contribution in [1.82, 2.24) is 25.2 Å². The first-order valence-corrected chi connectivity index (χ1v) is 14.8. The molecule has 1 fully saturated rings.